The number of rotatable bonds is 11. The summed E-state index contributed by atoms with van der Waals surface area (Å²) in [5.41, 5.74) is -28.1. The zero-order chi connectivity index (χ0) is 58.1. The predicted octanol–water partition coefficient (Wildman–Crippen LogP) is 14.8. The molecule has 0 atom stereocenters. The third kappa shape index (κ3) is 15.1. The van der Waals surface area contributed by atoms with E-state index < -0.39 is 195 Å². The summed E-state index contributed by atoms with van der Waals surface area (Å²) < 4.78 is 343. The standard InChI is InChI=1S/C32H12BF24.C18H22NO/c34-25(35,36)13-1-14(26(37,38)39)6-21(5-13)33(22-7-15(27(40,41)42)2-16(8-22)28(43,44)45,23-9-17(29(46,47)48)3-18(10-23)30(49,50)51)24-11-19(31(52,53)54)4-20(12-24)32(55,56)57;1-2-3-5-8-16-11-13-19(14-12-16)15-18(20)17-9-6-4-7-10-17/h1-12H;4,6-7,9-14H,2-3,5,8,15H2,1H3/q-1;+1. The molecule has 0 aliphatic carbocycles. The van der Waals surface area contributed by atoms with Gasteiger partial charge in [-0.15, -0.1) is 0 Å². The van der Waals surface area contributed by atoms with E-state index in [0.29, 0.717) is 6.54 Å². The summed E-state index contributed by atoms with van der Waals surface area (Å²) in [5.74, 6) is 0.148. The largest absolute Gasteiger partial charge is 0.416 e. The first kappa shape index (κ1) is 61.2. The van der Waals surface area contributed by atoms with Gasteiger partial charge in [-0.25, -0.2) is 0 Å². The summed E-state index contributed by atoms with van der Waals surface area (Å²) in [7, 11) is 0. The maximum absolute atomic E-state index is 14.2. The van der Waals surface area contributed by atoms with Crippen LogP contribution in [0.25, 0.3) is 0 Å². The van der Waals surface area contributed by atoms with Crippen molar-refractivity contribution in [1.29, 1.82) is 0 Å². The number of carbonyl (C=O) groups excluding carboxylic acids is 1. The van der Waals surface area contributed by atoms with Crippen LogP contribution >= 0.6 is 0 Å². The second-order valence-corrected chi connectivity index (χ2v) is 17.3. The summed E-state index contributed by atoms with van der Waals surface area (Å²) in [6.45, 7) is 2.62. The van der Waals surface area contributed by atoms with E-state index in [0.717, 1.165) is 12.0 Å². The summed E-state index contributed by atoms with van der Waals surface area (Å²) in [6.07, 6.45) is -45.9. The highest BCUT2D eigenvalue weighted by Crippen LogP contribution is 2.41. The topological polar surface area (TPSA) is 20.9 Å². The molecule has 0 unspecified atom stereocenters. The van der Waals surface area contributed by atoms with Gasteiger partial charge in [0.2, 0.25) is 12.3 Å². The Morgan fingerprint density at radius 2 is 0.636 bits per heavy atom. The van der Waals surface area contributed by atoms with Crippen molar-refractivity contribution in [1.82, 2.24) is 0 Å². The van der Waals surface area contributed by atoms with Crippen molar-refractivity contribution in [3.8, 4) is 0 Å². The lowest BCUT2D eigenvalue weighted by Crippen LogP contribution is -2.75. The van der Waals surface area contributed by atoms with Gasteiger partial charge in [0.1, 0.15) is 6.15 Å². The molecular formula is C50H34BF24NO. The van der Waals surface area contributed by atoms with Gasteiger partial charge in [0.15, 0.2) is 12.4 Å². The highest BCUT2D eigenvalue weighted by Gasteiger charge is 2.47. The number of hydrogen-bond donors (Lipinski definition) is 0. The number of unbranched alkanes of at least 4 members (excludes halogenated alkanes) is 2. The van der Waals surface area contributed by atoms with Gasteiger partial charge >= 0.3 is 49.4 Å². The summed E-state index contributed by atoms with van der Waals surface area (Å²) in [5, 5.41) is 0. The number of aryl methyl sites for hydroxylation is 1. The Bertz CT molecular complexity index is 2580. The average molecular weight is 1130 g/mol. The fourth-order valence-corrected chi connectivity index (χ4v) is 8.29. The molecule has 27 heteroatoms. The quantitative estimate of drug-likeness (QED) is 0.0416. The van der Waals surface area contributed by atoms with Gasteiger partial charge in [-0.1, -0.05) is 98.6 Å². The maximum atomic E-state index is 14.2. The van der Waals surface area contributed by atoms with Gasteiger partial charge < -0.3 is 0 Å². The van der Waals surface area contributed by atoms with Crippen LogP contribution in [-0.4, -0.2) is 11.9 Å². The number of aromatic nitrogens is 1. The van der Waals surface area contributed by atoms with Crippen molar-refractivity contribution in [2.75, 3.05) is 0 Å². The Kier molecular flexibility index (Phi) is 17.5. The minimum atomic E-state index is -6.13. The van der Waals surface area contributed by atoms with Crippen molar-refractivity contribution in [3.63, 3.8) is 0 Å². The van der Waals surface area contributed by atoms with Crippen LogP contribution in [0.1, 0.15) is 86.6 Å². The molecule has 0 fully saturated rings. The maximum Gasteiger partial charge on any atom is 0.416 e. The van der Waals surface area contributed by atoms with Crippen LogP contribution < -0.4 is 26.4 Å². The van der Waals surface area contributed by atoms with E-state index in [9.17, 15) is 110 Å². The van der Waals surface area contributed by atoms with Crippen molar-refractivity contribution in [3.05, 3.63) is 183 Å². The first-order valence-electron chi connectivity index (χ1n) is 22.0. The second kappa shape index (κ2) is 22.0. The van der Waals surface area contributed by atoms with Crippen molar-refractivity contribution in [2.45, 2.75) is 88.6 Å². The van der Waals surface area contributed by atoms with E-state index in [1.165, 1.54) is 24.8 Å². The zero-order valence-electron chi connectivity index (χ0n) is 38.7. The van der Waals surface area contributed by atoms with Crippen LogP contribution in [0.4, 0.5) is 105 Å². The number of pyridine rings is 1. The molecule has 0 amide bonds. The van der Waals surface area contributed by atoms with Crippen molar-refractivity contribution >= 4 is 33.8 Å². The molecule has 0 aliphatic heterocycles. The summed E-state index contributed by atoms with van der Waals surface area (Å²) in [6, 6.07) is 4.87. The van der Waals surface area contributed by atoms with E-state index >= 15 is 0 Å². The first-order chi connectivity index (χ1) is 35.1. The van der Waals surface area contributed by atoms with E-state index in [-0.39, 0.29) is 5.78 Å². The van der Waals surface area contributed by atoms with E-state index in [1.54, 1.807) is 0 Å². The van der Waals surface area contributed by atoms with Crippen molar-refractivity contribution < 1.29 is 115 Å². The highest BCUT2D eigenvalue weighted by molar-refractivity contribution is 7.20. The molecule has 2 nitrogen and oxygen atoms in total. The molecule has 5 aromatic carbocycles. The molecule has 1 aromatic heterocycles. The number of nitrogens with zero attached hydrogens (tertiary/aromatic N) is 1. The Hall–Kier alpha value is -6.70. The summed E-state index contributed by atoms with van der Waals surface area (Å²) >= 11 is 0. The van der Waals surface area contributed by atoms with E-state index in [1.807, 2.05) is 47.3 Å². The van der Waals surface area contributed by atoms with Crippen LogP contribution in [0, 0.1) is 0 Å². The van der Waals surface area contributed by atoms with Crippen LogP contribution in [0.3, 0.4) is 0 Å². The monoisotopic (exact) mass is 1130 g/mol. The Morgan fingerprint density at radius 1 is 0.377 bits per heavy atom. The number of benzene rings is 5. The second-order valence-electron chi connectivity index (χ2n) is 17.3. The molecule has 1 heterocycles. The molecule has 0 aliphatic rings. The number of alkyl halides is 24. The fourth-order valence-electron chi connectivity index (χ4n) is 8.29. The van der Waals surface area contributed by atoms with Crippen LogP contribution in [-0.2, 0) is 62.4 Å². The molecule has 0 radical (unpaired) electrons. The molecule has 416 valence electrons. The highest BCUT2D eigenvalue weighted by atomic mass is 19.4. The van der Waals surface area contributed by atoms with Crippen LogP contribution in [0.15, 0.2) is 128 Å². The van der Waals surface area contributed by atoms with E-state index in [2.05, 4.69) is 19.1 Å². The fraction of sp³-hybridized carbons (Fsp3) is 0.280. The average Bonchev–Trinajstić information content (AvgIpc) is 3.30. The molecule has 0 bridgehead atoms. The van der Waals surface area contributed by atoms with Gasteiger partial charge in [0, 0.05) is 17.7 Å². The third-order valence-electron chi connectivity index (χ3n) is 11.9. The lowest BCUT2D eigenvalue weighted by atomic mass is 9.12. The lowest BCUT2D eigenvalue weighted by molar-refractivity contribution is -0.683. The normalized spacial score (nSPS) is 13.3. The summed E-state index contributed by atoms with van der Waals surface area (Å²) in [4.78, 5) is 12.1. The number of carbonyl (C=O) groups is 1. The molecule has 0 saturated carbocycles. The lowest BCUT2D eigenvalue weighted by Gasteiger charge is -2.46. The van der Waals surface area contributed by atoms with Gasteiger partial charge in [-0.3, -0.25) is 4.79 Å². The number of Topliss-reactive ketones (excluding diaryl/α,β-unsaturated/α-hetero) is 1. The number of halogens is 24. The molecule has 77 heavy (non-hydrogen) atoms. The minimum absolute atomic E-state index is 0.148. The molecule has 0 spiro atoms. The van der Waals surface area contributed by atoms with Gasteiger partial charge in [-0.05, 0) is 42.7 Å². The minimum Gasteiger partial charge on any atom is -0.287 e. The number of ketones is 1. The Morgan fingerprint density at radius 3 is 0.870 bits per heavy atom. The molecule has 0 N–H and O–H groups in total. The SMILES string of the molecule is CCCCCc1cc[n+](CC(=O)c2ccccc2)cc1.FC(F)(F)c1cc([B-](c2cc(C(F)(F)F)cc(C(F)(F)F)c2)(c2cc(C(F)(F)F)cc(C(F)(F)F)c2)c2cc(C(F)(F)F)cc(C(F)(F)F)c2)cc(C(F)(F)F)c1. The smallest absolute Gasteiger partial charge is 0.287 e. The Labute approximate surface area is 419 Å². The van der Waals surface area contributed by atoms with Crippen LogP contribution in [0.5, 0.6) is 0 Å². The Balaban J connectivity index is 0.000000455. The molecular weight excluding hydrogens is 1100 g/mol. The van der Waals surface area contributed by atoms with Gasteiger partial charge in [-0.2, -0.15) is 132 Å². The molecule has 0 saturated heterocycles. The van der Waals surface area contributed by atoms with Gasteiger partial charge in [0.25, 0.3) is 0 Å². The molecule has 6 rings (SSSR count). The predicted molar refractivity (Wildman–Crippen MR) is 231 cm³/mol. The zero-order valence-corrected chi connectivity index (χ0v) is 38.7. The van der Waals surface area contributed by atoms with Gasteiger partial charge in [0.05, 0.1) is 44.5 Å². The number of hydrogen-bond acceptors (Lipinski definition) is 1. The van der Waals surface area contributed by atoms with Crippen molar-refractivity contribution in [2.24, 2.45) is 0 Å². The first-order valence-corrected chi connectivity index (χ1v) is 22.0. The third-order valence-corrected chi connectivity index (χ3v) is 11.9. The van der Waals surface area contributed by atoms with E-state index in [4.69, 9.17) is 0 Å². The molecule has 6 aromatic rings. The van der Waals surface area contributed by atoms with Crippen LogP contribution in [0.2, 0.25) is 0 Å².